The summed E-state index contributed by atoms with van der Waals surface area (Å²) in [5, 5.41) is 3.26. The SMILES string of the molecule is Cc1ccc(S)cc1C(=O)NC1CCCCC1C(C)C. The maximum Gasteiger partial charge on any atom is 0.251 e. The number of aryl methyl sites for hydroxylation is 1. The van der Waals surface area contributed by atoms with Gasteiger partial charge in [0, 0.05) is 16.5 Å². The largest absolute Gasteiger partial charge is 0.349 e. The fraction of sp³-hybridized carbons (Fsp3) is 0.588. The summed E-state index contributed by atoms with van der Waals surface area (Å²) in [5.41, 5.74) is 1.77. The lowest BCUT2D eigenvalue weighted by molar-refractivity contribution is 0.0888. The topological polar surface area (TPSA) is 29.1 Å². The van der Waals surface area contributed by atoms with Gasteiger partial charge in [-0.25, -0.2) is 0 Å². The van der Waals surface area contributed by atoms with Crippen LogP contribution >= 0.6 is 12.6 Å². The smallest absolute Gasteiger partial charge is 0.251 e. The van der Waals surface area contributed by atoms with Crippen molar-refractivity contribution in [1.82, 2.24) is 5.32 Å². The summed E-state index contributed by atoms with van der Waals surface area (Å²) in [5.74, 6) is 1.28. The molecule has 1 fully saturated rings. The zero-order valence-electron chi connectivity index (χ0n) is 12.6. The van der Waals surface area contributed by atoms with E-state index in [2.05, 4.69) is 31.8 Å². The van der Waals surface area contributed by atoms with E-state index in [1.54, 1.807) is 0 Å². The zero-order chi connectivity index (χ0) is 14.7. The minimum absolute atomic E-state index is 0.0518. The molecule has 20 heavy (non-hydrogen) atoms. The van der Waals surface area contributed by atoms with E-state index in [0.29, 0.717) is 17.9 Å². The molecule has 2 unspecified atom stereocenters. The van der Waals surface area contributed by atoms with Crippen LogP contribution in [0.3, 0.4) is 0 Å². The highest BCUT2D eigenvalue weighted by Gasteiger charge is 2.29. The van der Waals surface area contributed by atoms with Crippen LogP contribution in [0, 0.1) is 18.8 Å². The van der Waals surface area contributed by atoms with E-state index in [4.69, 9.17) is 0 Å². The van der Waals surface area contributed by atoms with Crippen LogP contribution in [0.4, 0.5) is 0 Å². The van der Waals surface area contributed by atoms with Crippen molar-refractivity contribution in [2.75, 3.05) is 0 Å². The summed E-state index contributed by atoms with van der Waals surface area (Å²) in [6, 6.07) is 6.06. The molecule has 1 aromatic carbocycles. The van der Waals surface area contributed by atoms with E-state index in [1.165, 1.54) is 19.3 Å². The third-order valence-corrected chi connectivity index (χ3v) is 4.74. The number of rotatable bonds is 3. The highest BCUT2D eigenvalue weighted by molar-refractivity contribution is 7.80. The molecular formula is C17H25NOS. The molecule has 1 saturated carbocycles. The summed E-state index contributed by atoms with van der Waals surface area (Å²) < 4.78 is 0. The molecule has 1 N–H and O–H groups in total. The van der Waals surface area contributed by atoms with Gasteiger partial charge in [0.1, 0.15) is 0 Å². The molecule has 0 saturated heterocycles. The molecule has 0 aliphatic heterocycles. The normalized spacial score (nSPS) is 22.9. The Hall–Kier alpha value is -0.960. The molecule has 0 radical (unpaired) electrons. The Morgan fingerprint density at radius 2 is 2.00 bits per heavy atom. The molecule has 0 heterocycles. The Morgan fingerprint density at radius 1 is 1.30 bits per heavy atom. The number of carbonyl (C=O) groups is 1. The van der Waals surface area contributed by atoms with E-state index < -0.39 is 0 Å². The van der Waals surface area contributed by atoms with Crippen molar-refractivity contribution >= 4 is 18.5 Å². The molecule has 1 aliphatic carbocycles. The van der Waals surface area contributed by atoms with Crippen molar-refractivity contribution in [1.29, 1.82) is 0 Å². The first-order chi connectivity index (χ1) is 9.49. The van der Waals surface area contributed by atoms with E-state index in [1.807, 2.05) is 25.1 Å². The van der Waals surface area contributed by atoms with Crippen LogP contribution in [0.1, 0.15) is 55.5 Å². The van der Waals surface area contributed by atoms with Crippen molar-refractivity contribution in [3.8, 4) is 0 Å². The molecule has 3 heteroatoms. The van der Waals surface area contributed by atoms with Crippen LogP contribution in [-0.2, 0) is 0 Å². The summed E-state index contributed by atoms with van der Waals surface area (Å²) >= 11 is 4.33. The molecule has 2 rings (SSSR count). The van der Waals surface area contributed by atoms with Gasteiger partial charge in [0.05, 0.1) is 0 Å². The predicted molar refractivity (Wildman–Crippen MR) is 86.5 cm³/mol. The number of hydrogen-bond donors (Lipinski definition) is 2. The second kappa shape index (κ2) is 6.66. The quantitative estimate of drug-likeness (QED) is 0.802. The van der Waals surface area contributed by atoms with Gasteiger partial charge in [0.15, 0.2) is 0 Å². The fourth-order valence-electron chi connectivity index (χ4n) is 3.24. The van der Waals surface area contributed by atoms with E-state index >= 15 is 0 Å². The van der Waals surface area contributed by atoms with Gasteiger partial charge < -0.3 is 5.32 Å². The van der Waals surface area contributed by atoms with Crippen molar-refractivity contribution in [3.63, 3.8) is 0 Å². The van der Waals surface area contributed by atoms with Gasteiger partial charge in [-0.2, -0.15) is 0 Å². The van der Waals surface area contributed by atoms with Gasteiger partial charge in [0.25, 0.3) is 5.91 Å². The average Bonchev–Trinajstić information content (AvgIpc) is 2.41. The highest BCUT2D eigenvalue weighted by atomic mass is 32.1. The Labute approximate surface area is 127 Å². The van der Waals surface area contributed by atoms with E-state index in [9.17, 15) is 4.79 Å². The third kappa shape index (κ3) is 3.57. The van der Waals surface area contributed by atoms with E-state index in [-0.39, 0.29) is 5.91 Å². The fourth-order valence-corrected chi connectivity index (χ4v) is 3.44. The van der Waals surface area contributed by atoms with Crippen LogP contribution in [-0.4, -0.2) is 11.9 Å². The lowest BCUT2D eigenvalue weighted by Crippen LogP contribution is -2.44. The van der Waals surface area contributed by atoms with Crippen molar-refractivity contribution < 1.29 is 4.79 Å². The summed E-state index contributed by atoms with van der Waals surface area (Å²) in [7, 11) is 0. The second-order valence-electron chi connectivity index (χ2n) is 6.27. The molecule has 1 aliphatic rings. The van der Waals surface area contributed by atoms with Crippen LogP contribution in [0.25, 0.3) is 0 Å². The highest BCUT2D eigenvalue weighted by Crippen LogP contribution is 2.30. The summed E-state index contributed by atoms with van der Waals surface area (Å²) in [4.78, 5) is 13.3. The molecule has 0 bridgehead atoms. The van der Waals surface area contributed by atoms with Gasteiger partial charge in [-0.3, -0.25) is 4.79 Å². The van der Waals surface area contributed by atoms with Gasteiger partial charge in [0.2, 0.25) is 0 Å². The number of nitrogens with one attached hydrogen (secondary N) is 1. The van der Waals surface area contributed by atoms with Gasteiger partial charge in [-0.15, -0.1) is 12.6 Å². The van der Waals surface area contributed by atoms with Crippen molar-refractivity contribution in [3.05, 3.63) is 29.3 Å². The molecular weight excluding hydrogens is 266 g/mol. The second-order valence-corrected chi connectivity index (χ2v) is 6.79. The molecule has 1 amide bonds. The molecule has 2 atom stereocenters. The summed E-state index contributed by atoms with van der Waals surface area (Å²) in [6.07, 6.45) is 4.85. The Balaban J connectivity index is 2.11. The molecule has 1 aromatic rings. The summed E-state index contributed by atoms with van der Waals surface area (Å²) in [6.45, 7) is 6.49. The number of thiol groups is 1. The molecule has 2 nitrogen and oxygen atoms in total. The number of amides is 1. The van der Waals surface area contributed by atoms with Gasteiger partial charge in [-0.1, -0.05) is 32.8 Å². The Bertz CT molecular complexity index is 484. The third-order valence-electron chi connectivity index (χ3n) is 4.46. The van der Waals surface area contributed by atoms with Crippen LogP contribution in [0.15, 0.2) is 23.1 Å². The number of hydrogen-bond acceptors (Lipinski definition) is 2. The first kappa shape index (κ1) is 15.4. The van der Waals surface area contributed by atoms with Crippen molar-refractivity contribution in [2.45, 2.75) is 57.4 Å². The van der Waals surface area contributed by atoms with Crippen LogP contribution < -0.4 is 5.32 Å². The van der Waals surface area contributed by atoms with Gasteiger partial charge in [-0.05, 0) is 49.3 Å². The standard InChI is InChI=1S/C17H25NOS/c1-11(2)14-6-4-5-7-16(14)18-17(19)15-10-13(20)9-8-12(15)3/h8-11,14,16,20H,4-7H2,1-3H3,(H,18,19). The molecule has 0 aromatic heterocycles. The maximum absolute atomic E-state index is 12.5. The molecule has 110 valence electrons. The predicted octanol–water partition coefficient (Wildman–Crippen LogP) is 4.23. The van der Waals surface area contributed by atoms with Crippen LogP contribution in [0.2, 0.25) is 0 Å². The minimum atomic E-state index is 0.0518. The minimum Gasteiger partial charge on any atom is -0.349 e. The Morgan fingerprint density at radius 3 is 2.70 bits per heavy atom. The maximum atomic E-state index is 12.5. The number of carbonyl (C=O) groups excluding carboxylic acids is 1. The first-order valence-electron chi connectivity index (χ1n) is 7.59. The average molecular weight is 291 g/mol. The van der Waals surface area contributed by atoms with Gasteiger partial charge >= 0.3 is 0 Å². The lowest BCUT2D eigenvalue weighted by Gasteiger charge is -2.35. The lowest BCUT2D eigenvalue weighted by atomic mass is 9.77. The van der Waals surface area contributed by atoms with Crippen molar-refractivity contribution in [2.24, 2.45) is 11.8 Å². The molecule has 0 spiro atoms. The zero-order valence-corrected chi connectivity index (χ0v) is 13.5. The number of benzene rings is 1. The Kier molecular flexibility index (Phi) is 5.14. The van der Waals surface area contributed by atoms with E-state index in [0.717, 1.165) is 22.4 Å². The van der Waals surface area contributed by atoms with Crippen LogP contribution in [0.5, 0.6) is 0 Å². The first-order valence-corrected chi connectivity index (χ1v) is 8.04. The monoisotopic (exact) mass is 291 g/mol.